The summed E-state index contributed by atoms with van der Waals surface area (Å²) in [5.41, 5.74) is 1.46. The van der Waals surface area contributed by atoms with Gasteiger partial charge in [-0.3, -0.25) is 9.59 Å². The van der Waals surface area contributed by atoms with Crippen molar-refractivity contribution in [2.75, 3.05) is 6.54 Å². The van der Waals surface area contributed by atoms with Gasteiger partial charge in [0.15, 0.2) is 0 Å². The SMILES string of the molecule is CCc1ccc(C(C(=O)NC(C)C)N(CC#N)C(=O)C(Cc2ccc(O)cc2)NC(=O)OC(C)(C)C)cc1. The number of aromatic hydroxyl groups is 1. The number of amides is 3. The Balaban J connectivity index is 2.53. The zero-order valence-corrected chi connectivity index (χ0v) is 22.9. The number of aryl methyl sites for hydroxylation is 1. The molecule has 9 heteroatoms. The first-order valence-electron chi connectivity index (χ1n) is 12.7. The van der Waals surface area contributed by atoms with E-state index in [0.29, 0.717) is 11.1 Å². The van der Waals surface area contributed by atoms with Crippen LogP contribution in [0.5, 0.6) is 5.75 Å². The van der Waals surface area contributed by atoms with E-state index in [1.807, 2.05) is 39.0 Å². The van der Waals surface area contributed by atoms with Crippen LogP contribution < -0.4 is 10.6 Å². The molecule has 0 aliphatic carbocycles. The molecule has 0 aliphatic heterocycles. The van der Waals surface area contributed by atoms with Crippen molar-refractivity contribution in [2.24, 2.45) is 0 Å². The monoisotopic (exact) mass is 522 g/mol. The van der Waals surface area contributed by atoms with Crippen LogP contribution >= 0.6 is 0 Å². The highest BCUT2D eigenvalue weighted by molar-refractivity contribution is 5.92. The van der Waals surface area contributed by atoms with Gasteiger partial charge in [-0.25, -0.2) is 4.79 Å². The molecule has 3 amide bonds. The molecule has 2 unspecified atom stereocenters. The molecule has 0 fully saturated rings. The zero-order valence-electron chi connectivity index (χ0n) is 22.9. The maximum Gasteiger partial charge on any atom is 0.408 e. The zero-order chi connectivity index (χ0) is 28.5. The highest BCUT2D eigenvalue weighted by Crippen LogP contribution is 2.24. The van der Waals surface area contributed by atoms with E-state index in [0.717, 1.165) is 12.0 Å². The molecule has 0 radical (unpaired) electrons. The number of phenolic OH excluding ortho intramolecular Hbond substituents is 1. The summed E-state index contributed by atoms with van der Waals surface area (Å²) < 4.78 is 5.38. The average Bonchev–Trinajstić information content (AvgIpc) is 2.83. The van der Waals surface area contributed by atoms with E-state index in [1.54, 1.807) is 45.0 Å². The van der Waals surface area contributed by atoms with Crippen molar-refractivity contribution in [3.8, 4) is 11.8 Å². The van der Waals surface area contributed by atoms with Crippen molar-refractivity contribution >= 4 is 17.9 Å². The second-order valence-corrected chi connectivity index (χ2v) is 10.4. The number of nitrogens with one attached hydrogen (secondary N) is 2. The molecule has 0 saturated carbocycles. The number of nitrogens with zero attached hydrogens (tertiary/aromatic N) is 2. The molecule has 2 rings (SSSR count). The Morgan fingerprint density at radius 1 is 1.00 bits per heavy atom. The number of carbonyl (C=O) groups excluding carboxylic acids is 3. The number of ether oxygens (including phenoxy) is 1. The molecule has 2 atom stereocenters. The van der Waals surface area contributed by atoms with Gasteiger partial charge in [-0.15, -0.1) is 0 Å². The minimum Gasteiger partial charge on any atom is -0.508 e. The molecule has 0 aromatic heterocycles. The van der Waals surface area contributed by atoms with Crippen molar-refractivity contribution in [1.82, 2.24) is 15.5 Å². The molecular weight excluding hydrogens is 484 g/mol. The smallest absolute Gasteiger partial charge is 0.408 e. The van der Waals surface area contributed by atoms with Gasteiger partial charge < -0.3 is 25.4 Å². The third-order valence-electron chi connectivity index (χ3n) is 5.58. The average molecular weight is 523 g/mol. The van der Waals surface area contributed by atoms with Gasteiger partial charge in [-0.05, 0) is 69.9 Å². The van der Waals surface area contributed by atoms with Gasteiger partial charge in [0.1, 0.15) is 30.0 Å². The quantitative estimate of drug-likeness (QED) is 0.404. The molecule has 38 heavy (non-hydrogen) atoms. The minimum absolute atomic E-state index is 0.0492. The summed E-state index contributed by atoms with van der Waals surface area (Å²) in [6, 6.07) is 13.1. The Morgan fingerprint density at radius 2 is 1.58 bits per heavy atom. The van der Waals surface area contributed by atoms with Crippen LogP contribution in [0.15, 0.2) is 48.5 Å². The fourth-order valence-electron chi connectivity index (χ4n) is 3.86. The third-order valence-corrected chi connectivity index (χ3v) is 5.58. The lowest BCUT2D eigenvalue weighted by molar-refractivity contribution is -0.142. The van der Waals surface area contributed by atoms with E-state index < -0.39 is 35.6 Å². The van der Waals surface area contributed by atoms with Gasteiger partial charge in [0.2, 0.25) is 11.8 Å². The normalized spacial score (nSPS) is 12.7. The Kier molecular flexibility index (Phi) is 10.7. The number of carbonyl (C=O) groups is 3. The van der Waals surface area contributed by atoms with Crippen LogP contribution in [0, 0.1) is 11.3 Å². The molecule has 0 aliphatic rings. The summed E-state index contributed by atoms with van der Waals surface area (Å²) in [6.45, 7) is 10.4. The Bertz CT molecular complexity index is 1130. The number of rotatable bonds is 10. The predicted molar refractivity (Wildman–Crippen MR) is 144 cm³/mol. The summed E-state index contributed by atoms with van der Waals surface area (Å²) >= 11 is 0. The number of nitriles is 1. The number of benzene rings is 2. The van der Waals surface area contributed by atoms with Crippen molar-refractivity contribution in [2.45, 2.75) is 78.1 Å². The fourth-order valence-corrected chi connectivity index (χ4v) is 3.86. The second-order valence-electron chi connectivity index (χ2n) is 10.4. The van der Waals surface area contributed by atoms with E-state index in [9.17, 15) is 24.8 Å². The van der Waals surface area contributed by atoms with Crippen LogP contribution in [-0.4, -0.2) is 52.1 Å². The Labute approximate surface area is 224 Å². The van der Waals surface area contributed by atoms with Crippen LogP contribution in [0.3, 0.4) is 0 Å². The predicted octanol–water partition coefficient (Wildman–Crippen LogP) is 4.01. The third kappa shape index (κ3) is 9.11. The molecule has 0 saturated heterocycles. The van der Waals surface area contributed by atoms with Crippen molar-refractivity contribution in [3.05, 3.63) is 65.2 Å². The van der Waals surface area contributed by atoms with Gasteiger partial charge in [-0.2, -0.15) is 5.26 Å². The van der Waals surface area contributed by atoms with E-state index >= 15 is 0 Å². The first kappa shape index (κ1) is 30.2. The van der Waals surface area contributed by atoms with Gasteiger partial charge in [0.05, 0.1) is 6.07 Å². The van der Waals surface area contributed by atoms with Crippen LogP contribution in [0.4, 0.5) is 4.79 Å². The number of alkyl carbamates (subject to hydrolysis) is 1. The van der Waals surface area contributed by atoms with E-state index in [4.69, 9.17) is 4.74 Å². The highest BCUT2D eigenvalue weighted by atomic mass is 16.6. The first-order valence-corrected chi connectivity index (χ1v) is 12.7. The van der Waals surface area contributed by atoms with E-state index in [2.05, 4.69) is 10.6 Å². The van der Waals surface area contributed by atoms with Crippen LogP contribution in [0.1, 0.15) is 64.3 Å². The number of hydrogen-bond donors (Lipinski definition) is 3. The lowest BCUT2D eigenvalue weighted by Crippen LogP contribution is -2.54. The summed E-state index contributed by atoms with van der Waals surface area (Å²) in [5, 5.41) is 24.8. The second kappa shape index (κ2) is 13.5. The molecule has 0 spiro atoms. The molecule has 2 aromatic rings. The van der Waals surface area contributed by atoms with Crippen LogP contribution in [-0.2, 0) is 27.2 Å². The van der Waals surface area contributed by atoms with Crippen molar-refractivity contribution in [1.29, 1.82) is 5.26 Å². The Hall–Kier alpha value is -4.06. The summed E-state index contributed by atoms with van der Waals surface area (Å²) in [6.07, 6.45) is 0.0496. The first-order chi connectivity index (χ1) is 17.8. The van der Waals surface area contributed by atoms with Gasteiger partial charge in [0, 0.05) is 12.5 Å². The summed E-state index contributed by atoms with van der Waals surface area (Å²) in [5.74, 6) is -0.994. The molecule has 0 bridgehead atoms. The van der Waals surface area contributed by atoms with Crippen LogP contribution in [0.2, 0.25) is 0 Å². The van der Waals surface area contributed by atoms with E-state index in [1.165, 1.54) is 17.0 Å². The van der Waals surface area contributed by atoms with Gasteiger partial charge >= 0.3 is 6.09 Å². The van der Waals surface area contributed by atoms with Gasteiger partial charge in [0.25, 0.3) is 0 Å². The maximum atomic E-state index is 14.0. The highest BCUT2D eigenvalue weighted by Gasteiger charge is 2.36. The van der Waals surface area contributed by atoms with E-state index in [-0.39, 0.29) is 24.8 Å². The molecule has 0 heterocycles. The minimum atomic E-state index is -1.15. The molecular formula is C29H38N4O5. The standard InChI is InChI=1S/C29H38N4O5/c1-7-20-8-12-22(13-9-20)25(26(35)31-19(2)3)33(17-16-30)27(36)24(32-28(37)38-29(4,5)6)18-21-10-14-23(34)15-11-21/h8-15,19,24-25,34H,7,17-18H2,1-6H3,(H,31,35)(H,32,37). The molecule has 3 N–H and O–H groups in total. The molecule has 2 aromatic carbocycles. The largest absolute Gasteiger partial charge is 0.508 e. The van der Waals surface area contributed by atoms with Gasteiger partial charge in [-0.1, -0.05) is 43.3 Å². The lowest BCUT2D eigenvalue weighted by atomic mass is 9.99. The molecule has 204 valence electrons. The van der Waals surface area contributed by atoms with Crippen molar-refractivity contribution in [3.63, 3.8) is 0 Å². The van der Waals surface area contributed by atoms with Crippen LogP contribution in [0.25, 0.3) is 0 Å². The Morgan fingerprint density at radius 3 is 2.08 bits per heavy atom. The fraction of sp³-hybridized carbons (Fsp3) is 0.448. The maximum absolute atomic E-state index is 14.0. The lowest BCUT2D eigenvalue weighted by Gasteiger charge is -2.33. The topological polar surface area (TPSA) is 132 Å². The summed E-state index contributed by atoms with van der Waals surface area (Å²) in [7, 11) is 0. The number of phenols is 1. The van der Waals surface area contributed by atoms with Crippen molar-refractivity contribution < 1.29 is 24.2 Å². The summed E-state index contributed by atoms with van der Waals surface area (Å²) in [4.78, 5) is 41.3. The number of hydrogen-bond acceptors (Lipinski definition) is 6. The molecule has 9 nitrogen and oxygen atoms in total.